The summed E-state index contributed by atoms with van der Waals surface area (Å²) in [4.78, 5) is 15.9. The summed E-state index contributed by atoms with van der Waals surface area (Å²) in [5.74, 6) is 0.795. The van der Waals surface area contributed by atoms with Gasteiger partial charge in [-0.15, -0.1) is 5.10 Å². The topological polar surface area (TPSA) is 69.0 Å². The smallest absolute Gasteiger partial charge is 0.413 e. The van der Waals surface area contributed by atoms with Crippen LogP contribution in [0.5, 0.6) is 0 Å². The number of carbonyl (C=O) groups excluding carboxylic acids is 1. The van der Waals surface area contributed by atoms with Crippen molar-refractivity contribution in [1.82, 2.24) is 14.8 Å². The Kier molecular flexibility index (Phi) is 4.53. The summed E-state index contributed by atoms with van der Waals surface area (Å²) in [5.41, 5.74) is -0.580. The van der Waals surface area contributed by atoms with Gasteiger partial charge in [-0.25, -0.2) is 14.5 Å². The van der Waals surface area contributed by atoms with Crippen LogP contribution < -0.4 is 5.32 Å². The van der Waals surface area contributed by atoms with Gasteiger partial charge in [0, 0.05) is 12.4 Å². The molecule has 0 spiro atoms. The highest BCUT2D eigenvalue weighted by molar-refractivity contribution is 9.10. The number of halogens is 2. The molecule has 0 bridgehead atoms. The third-order valence-electron chi connectivity index (χ3n) is 2.24. The van der Waals surface area contributed by atoms with Crippen molar-refractivity contribution < 1.29 is 9.53 Å². The molecule has 112 valence electrons. The van der Waals surface area contributed by atoms with E-state index in [1.807, 2.05) is 0 Å². The zero-order valence-corrected chi connectivity index (χ0v) is 14.1. The molecule has 0 atom stereocenters. The van der Waals surface area contributed by atoms with Crippen molar-refractivity contribution in [2.75, 3.05) is 5.32 Å². The molecule has 0 aliphatic rings. The second kappa shape index (κ2) is 6.03. The normalized spacial score (nSPS) is 11.3. The average Bonchev–Trinajstić information content (AvgIpc) is 2.68. The predicted molar refractivity (Wildman–Crippen MR) is 83.9 cm³/mol. The second-order valence-electron chi connectivity index (χ2n) is 5.21. The summed E-state index contributed by atoms with van der Waals surface area (Å²) in [6, 6.07) is 3.44. The van der Waals surface area contributed by atoms with Gasteiger partial charge in [-0.1, -0.05) is 11.6 Å². The van der Waals surface area contributed by atoms with Crippen LogP contribution in [0, 0.1) is 0 Å². The van der Waals surface area contributed by atoms with E-state index in [0.717, 1.165) is 0 Å². The monoisotopic (exact) mass is 372 g/mol. The van der Waals surface area contributed by atoms with Crippen LogP contribution in [-0.2, 0) is 4.74 Å². The first-order valence-corrected chi connectivity index (χ1v) is 7.29. The summed E-state index contributed by atoms with van der Waals surface area (Å²) in [5, 5.41) is 7.24. The van der Waals surface area contributed by atoms with Gasteiger partial charge in [0.2, 0.25) is 0 Å². The van der Waals surface area contributed by atoms with E-state index in [1.165, 1.54) is 4.68 Å². The van der Waals surface area contributed by atoms with Gasteiger partial charge in [0.25, 0.3) is 0 Å². The van der Waals surface area contributed by atoms with E-state index < -0.39 is 11.7 Å². The van der Waals surface area contributed by atoms with Gasteiger partial charge in [-0.05, 0) is 48.8 Å². The Morgan fingerprint density at radius 3 is 2.81 bits per heavy atom. The van der Waals surface area contributed by atoms with Gasteiger partial charge >= 0.3 is 6.09 Å². The number of carbonyl (C=O) groups is 1. The molecule has 0 saturated heterocycles. The highest BCUT2D eigenvalue weighted by atomic mass is 79.9. The first kappa shape index (κ1) is 15.8. The Hall–Kier alpha value is -1.60. The van der Waals surface area contributed by atoms with Crippen LogP contribution in [0.15, 0.2) is 29.0 Å². The number of hydrogen-bond acceptors (Lipinski definition) is 4. The molecule has 0 fully saturated rings. The largest absolute Gasteiger partial charge is 0.444 e. The van der Waals surface area contributed by atoms with E-state index in [4.69, 9.17) is 16.3 Å². The van der Waals surface area contributed by atoms with Crippen molar-refractivity contribution in [3.8, 4) is 5.82 Å². The molecule has 0 saturated carbocycles. The third kappa shape index (κ3) is 4.18. The average molecular weight is 374 g/mol. The van der Waals surface area contributed by atoms with Crippen molar-refractivity contribution in [2.45, 2.75) is 26.4 Å². The Bertz CT molecular complexity index is 666. The fourth-order valence-electron chi connectivity index (χ4n) is 1.49. The van der Waals surface area contributed by atoms with Gasteiger partial charge in [-0.2, -0.15) is 0 Å². The Morgan fingerprint density at radius 1 is 1.48 bits per heavy atom. The molecule has 2 rings (SSSR count). The SMILES string of the molecule is CC(C)(C)OC(=O)Nc1nn(-c2ncccc2Cl)cc1Br. The number of nitrogens with one attached hydrogen (secondary N) is 1. The molecule has 6 nitrogen and oxygen atoms in total. The minimum Gasteiger partial charge on any atom is -0.444 e. The first-order chi connectivity index (χ1) is 9.76. The number of ether oxygens (including phenoxy) is 1. The maximum Gasteiger partial charge on any atom is 0.413 e. The minimum absolute atomic E-state index is 0.325. The lowest BCUT2D eigenvalue weighted by molar-refractivity contribution is 0.0635. The maximum absolute atomic E-state index is 11.7. The Balaban J connectivity index is 2.21. The Morgan fingerprint density at radius 2 is 2.19 bits per heavy atom. The van der Waals surface area contributed by atoms with Crippen LogP contribution in [0.25, 0.3) is 5.82 Å². The van der Waals surface area contributed by atoms with Gasteiger partial charge < -0.3 is 4.74 Å². The standard InChI is InChI=1S/C13H14BrClN4O2/c1-13(2,3)21-12(20)17-10-8(14)7-19(18-10)11-9(15)5-4-6-16-11/h4-7H,1-3H3,(H,17,18,20). The molecule has 0 aromatic carbocycles. The molecule has 8 heteroatoms. The van der Waals surface area contributed by atoms with E-state index >= 15 is 0 Å². The number of rotatable bonds is 2. The summed E-state index contributed by atoms with van der Waals surface area (Å²) >= 11 is 9.39. The number of aromatic nitrogens is 3. The van der Waals surface area contributed by atoms with Crippen LogP contribution >= 0.6 is 27.5 Å². The number of nitrogens with zero attached hydrogens (tertiary/aromatic N) is 3. The second-order valence-corrected chi connectivity index (χ2v) is 6.47. The van der Waals surface area contributed by atoms with Gasteiger partial charge in [0.05, 0.1) is 9.50 Å². The number of hydrogen-bond donors (Lipinski definition) is 1. The lowest BCUT2D eigenvalue weighted by Crippen LogP contribution is -2.27. The summed E-state index contributed by atoms with van der Waals surface area (Å²) < 4.78 is 7.24. The molecule has 2 heterocycles. The molecule has 1 N–H and O–H groups in total. The van der Waals surface area contributed by atoms with Gasteiger partial charge in [0.1, 0.15) is 5.60 Å². The molecular formula is C13H14BrClN4O2. The van der Waals surface area contributed by atoms with Gasteiger partial charge in [0.15, 0.2) is 11.6 Å². The fourth-order valence-corrected chi connectivity index (χ4v) is 2.07. The Labute approximate surface area is 135 Å². The van der Waals surface area contributed by atoms with E-state index in [1.54, 1.807) is 45.3 Å². The highest BCUT2D eigenvalue weighted by Gasteiger charge is 2.19. The van der Waals surface area contributed by atoms with Gasteiger partial charge in [-0.3, -0.25) is 5.32 Å². The lowest BCUT2D eigenvalue weighted by Gasteiger charge is -2.19. The van der Waals surface area contributed by atoms with E-state index in [0.29, 0.717) is 21.1 Å². The fraction of sp³-hybridized carbons (Fsp3) is 0.308. The van der Waals surface area contributed by atoms with Crippen molar-refractivity contribution in [3.05, 3.63) is 34.0 Å². The summed E-state index contributed by atoms with van der Waals surface area (Å²) in [6.07, 6.45) is 2.68. The maximum atomic E-state index is 11.7. The molecule has 2 aromatic rings. The first-order valence-electron chi connectivity index (χ1n) is 6.12. The van der Waals surface area contributed by atoms with Crippen molar-refractivity contribution in [3.63, 3.8) is 0 Å². The molecule has 0 aliphatic carbocycles. The van der Waals surface area contributed by atoms with Crippen molar-refractivity contribution in [2.24, 2.45) is 0 Å². The van der Waals surface area contributed by atoms with E-state index in [9.17, 15) is 4.79 Å². The molecule has 21 heavy (non-hydrogen) atoms. The zero-order valence-electron chi connectivity index (χ0n) is 11.7. The van der Waals surface area contributed by atoms with Crippen LogP contribution in [0.3, 0.4) is 0 Å². The van der Waals surface area contributed by atoms with Crippen LogP contribution in [0.2, 0.25) is 5.02 Å². The molecule has 2 aromatic heterocycles. The summed E-state index contributed by atoms with van der Waals surface area (Å²) in [7, 11) is 0. The number of pyridine rings is 1. The third-order valence-corrected chi connectivity index (χ3v) is 3.12. The van der Waals surface area contributed by atoms with Crippen LogP contribution in [0.1, 0.15) is 20.8 Å². The molecule has 0 unspecified atom stereocenters. The number of anilines is 1. The molecule has 0 radical (unpaired) electrons. The van der Waals surface area contributed by atoms with Crippen molar-refractivity contribution in [1.29, 1.82) is 0 Å². The lowest BCUT2D eigenvalue weighted by atomic mass is 10.2. The molecular weight excluding hydrogens is 360 g/mol. The van der Waals surface area contributed by atoms with Crippen LogP contribution in [0.4, 0.5) is 10.6 Å². The van der Waals surface area contributed by atoms with E-state index in [2.05, 4.69) is 31.3 Å². The molecule has 1 amide bonds. The van der Waals surface area contributed by atoms with Crippen LogP contribution in [-0.4, -0.2) is 26.5 Å². The number of amides is 1. The summed E-state index contributed by atoms with van der Waals surface area (Å²) in [6.45, 7) is 5.36. The van der Waals surface area contributed by atoms with Crippen molar-refractivity contribution >= 4 is 39.4 Å². The quantitative estimate of drug-likeness (QED) is 0.863. The van der Waals surface area contributed by atoms with E-state index in [-0.39, 0.29) is 0 Å². The zero-order chi connectivity index (χ0) is 15.6. The minimum atomic E-state index is -0.583. The predicted octanol–water partition coefficient (Wildman–Crippen LogP) is 4.03. The molecule has 0 aliphatic heterocycles. The highest BCUT2D eigenvalue weighted by Crippen LogP contribution is 2.25.